The third-order valence-electron chi connectivity index (χ3n) is 3.44. The maximum absolute atomic E-state index is 11.0. The van der Waals surface area contributed by atoms with Gasteiger partial charge < -0.3 is 9.47 Å². The second-order valence-corrected chi connectivity index (χ2v) is 5.66. The Balaban J connectivity index is 2.27. The number of benzene rings is 2. The van der Waals surface area contributed by atoms with Crippen LogP contribution >= 0.6 is 0 Å². The number of ether oxygens (including phenoxy) is 2. The number of hydrogen-bond acceptors (Lipinski definition) is 6. The summed E-state index contributed by atoms with van der Waals surface area (Å²) in [5.74, 6) is -0.0509. The fraction of sp³-hybridized carbons (Fsp3) is 0.0909. The predicted octanol–water partition coefficient (Wildman–Crippen LogP) is 4.05. The molecule has 0 fully saturated rings. The quantitative estimate of drug-likeness (QED) is 0.340. The Labute approximate surface area is 162 Å². The minimum atomic E-state index is -0.421. The molecule has 0 aromatic heterocycles. The van der Waals surface area contributed by atoms with Crippen LogP contribution in [0.2, 0.25) is 0 Å². The molecule has 0 heterocycles. The normalized spacial score (nSPS) is 11.1. The molecule has 0 saturated carbocycles. The molecule has 138 valence electrons. The summed E-state index contributed by atoms with van der Waals surface area (Å²) in [6, 6.07) is 17.2. The summed E-state index contributed by atoms with van der Waals surface area (Å²) < 4.78 is 9.92. The maximum Gasteiger partial charge on any atom is 0.308 e. The molecule has 0 aliphatic carbocycles. The summed E-state index contributed by atoms with van der Waals surface area (Å²) in [6.07, 6.45) is 3.14. The number of nitrogens with zero attached hydrogens (tertiary/aromatic N) is 2. The van der Waals surface area contributed by atoms with Gasteiger partial charge in [0.15, 0.2) is 0 Å². The first-order valence-corrected chi connectivity index (χ1v) is 8.22. The van der Waals surface area contributed by atoms with E-state index in [1.165, 1.54) is 13.8 Å². The van der Waals surface area contributed by atoms with Crippen LogP contribution in [0.25, 0.3) is 12.2 Å². The van der Waals surface area contributed by atoms with Gasteiger partial charge in [-0.05, 0) is 47.5 Å². The highest BCUT2D eigenvalue weighted by Crippen LogP contribution is 2.21. The molecular weight excluding hydrogens is 356 g/mol. The van der Waals surface area contributed by atoms with Crippen LogP contribution in [0.5, 0.6) is 11.5 Å². The summed E-state index contributed by atoms with van der Waals surface area (Å²) in [5, 5.41) is 18.9. The van der Waals surface area contributed by atoms with Gasteiger partial charge in [0.05, 0.1) is 11.1 Å². The van der Waals surface area contributed by atoms with Crippen LogP contribution in [0.1, 0.15) is 25.0 Å². The van der Waals surface area contributed by atoms with Crippen molar-refractivity contribution in [2.45, 2.75) is 13.8 Å². The third kappa shape index (κ3) is 5.98. The van der Waals surface area contributed by atoms with Crippen molar-refractivity contribution in [3.8, 4) is 23.6 Å². The number of allylic oxidation sites excluding steroid dienone is 2. The molecule has 0 unspecified atom stereocenters. The van der Waals surface area contributed by atoms with Crippen LogP contribution in [0, 0.1) is 22.7 Å². The second kappa shape index (κ2) is 9.51. The van der Waals surface area contributed by atoms with E-state index < -0.39 is 11.9 Å². The van der Waals surface area contributed by atoms with E-state index in [1.807, 2.05) is 12.1 Å². The lowest BCUT2D eigenvalue weighted by Gasteiger charge is -2.03. The Bertz CT molecular complexity index is 933. The number of nitriles is 2. The van der Waals surface area contributed by atoms with Crippen molar-refractivity contribution in [2.75, 3.05) is 0 Å². The SMILES string of the molecule is CC(=O)Oc1ccc(/C=C(C#N)/C(C#N)=C/c2ccc(OC(C)=O)cc2)cc1. The molecule has 0 N–H and O–H groups in total. The van der Waals surface area contributed by atoms with E-state index in [0.717, 1.165) is 0 Å². The number of carbonyl (C=O) groups excluding carboxylic acids is 2. The zero-order valence-electron chi connectivity index (χ0n) is 15.3. The van der Waals surface area contributed by atoms with Gasteiger partial charge in [-0.15, -0.1) is 0 Å². The zero-order chi connectivity index (χ0) is 20.5. The van der Waals surface area contributed by atoms with Crippen LogP contribution in [-0.4, -0.2) is 11.9 Å². The second-order valence-electron chi connectivity index (χ2n) is 5.66. The Hall–Kier alpha value is -4.16. The zero-order valence-corrected chi connectivity index (χ0v) is 15.3. The molecular formula is C22H16N2O4. The molecule has 28 heavy (non-hydrogen) atoms. The van der Waals surface area contributed by atoms with Gasteiger partial charge in [-0.1, -0.05) is 24.3 Å². The van der Waals surface area contributed by atoms with Crippen molar-refractivity contribution in [2.24, 2.45) is 0 Å². The topological polar surface area (TPSA) is 100 Å². The average molecular weight is 372 g/mol. The van der Waals surface area contributed by atoms with E-state index in [1.54, 1.807) is 60.7 Å². The predicted molar refractivity (Wildman–Crippen MR) is 103 cm³/mol. The monoisotopic (exact) mass is 372 g/mol. The van der Waals surface area contributed by atoms with Crippen molar-refractivity contribution in [1.82, 2.24) is 0 Å². The number of hydrogen-bond donors (Lipinski definition) is 0. The summed E-state index contributed by atoms with van der Waals surface area (Å²) in [6.45, 7) is 2.62. The summed E-state index contributed by atoms with van der Waals surface area (Å²) in [4.78, 5) is 21.9. The van der Waals surface area contributed by atoms with E-state index in [4.69, 9.17) is 9.47 Å². The van der Waals surface area contributed by atoms with Gasteiger partial charge in [0.2, 0.25) is 0 Å². The van der Waals surface area contributed by atoms with Gasteiger partial charge >= 0.3 is 11.9 Å². The molecule has 0 spiro atoms. The Kier molecular flexibility index (Phi) is 6.85. The minimum Gasteiger partial charge on any atom is -0.427 e. The lowest BCUT2D eigenvalue weighted by atomic mass is 10.0. The van der Waals surface area contributed by atoms with E-state index >= 15 is 0 Å². The highest BCUT2D eigenvalue weighted by Gasteiger charge is 2.06. The molecule has 0 atom stereocenters. The fourth-order valence-electron chi connectivity index (χ4n) is 2.27. The van der Waals surface area contributed by atoms with Gasteiger partial charge in [-0.2, -0.15) is 10.5 Å². The first kappa shape index (κ1) is 20.2. The molecule has 6 heteroatoms. The molecule has 0 amide bonds. The van der Waals surface area contributed by atoms with E-state index in [-0.39, 0.29) is 11.1 Å². The summed E-state index contributed by atoms with van der Waals surface area (Å²) in [5.41, 5.74) is 1.73. The van der Waals surface area contributed by atoms with Crippen molar-refractivity contribution < 1.29 is 19.1 Å². The number of carbonyl (C=O) groups is 2. The van der Waals surface area contributed by atoms with E-state index in [2.05, 4.69) is 0 Å². The molecule has 0 aliphatic rings. The number of rotatable bonds is 5. The molecule has 2 rings (SSSR count). The standard InChI is InChI=1S/C22H16N2O4/c1-15(25)27-21-7-3-17(4-8-21)11-19(13-23)20(14-24)12-18-5-9-22(10-6-18)28-16(2)26/h3-12H,1-2H3/b19-11+,20-12+. The highest BCUT2D eigenvalue weighted by atomic mass is 16.5. The summed E-state index contributed by atoms with van der Waals surface area (Å²) >= 11 is 0. The molecule has 0 saturated heterocycles. The Morgan fingerprint density at radius 2 is 1.04 bits per heavy atom. The van der Waals surface area contributed by atoms with E-state index in [0.29, 0.717) is 22.6 Å². The molecule has 0 bridgehead atoms. The Morgan fingerprint density at radius 1 is 0.714 bits per heavy atom. The Morgan fingerprint density at radius 3 is 1.29 bits per heavy atom. The fourth-order valence-corrected chi connectivity index (χ4v) is 2.27. The smallest absolute Gasteiger partial charge is 0.308 e. The lowest BCUT2D eigenvalue weighted by molar-refractivity contribution is -0.132. The van der Waals surface area contributed by atoms with Crippen molar-refractivity contribution in [1.29, 1.82) is 10.5 Å². The van der Waals surface area contributed by atoms with Gasteiger partial charge in [-0.3, -0.25) is 9.59 Å². The first-order chi connectivity index (χ1) is 13.4. The highest BCUT2D eigenvalue weighted by molar-refractivity contribution is 5.75. The molecule has 0 aliphatic heterocycles. The third-order valence-corrected chi connectivity index (χ3v) is 3.44. The van der Waals surface area contributed by atoms with Crippen LogP contribution in [0.3, 0.4) is 0 Å². The van der Waals surface area contributed by atoms with Crippen LogP contribution < -0.4 is 9.47 Å². The van der Waals surface area contributed by atoms with Gasteiger partial charge in [0, 0.05) is 13.8 Å². The van der Waals surface area contributed by atoms with Crippen LogP contribution in [-0.2, 0) is 9.59 Å². The minimum absolute atomic E-state index is 0.187. The lowest BCUT2D eigenvalue weighted by Crippen LogP contribution is -2.00. The van der Waals surface area contributed by atoms with Gasteiger partial charge in [0.25, 0.3) is 0 Å². The van der Waals surface area contributed by atoms with Crippen molar-refractivity contribution in [3.05, 3.63) is 70.8 Å². The van der Waals surface area contributed by atoms with Crippen molar-refractivity contribution >= 4 is 24.1 Å². The molecule has 6 nitrogen and oxygen atoms in total. The number of esters is 2. The van der Waals surface area contributed by atoms with Gasteiger partial charge in [-0.25, -0.2) is 0 Å². The molecule has 2 aromatic rings. The average Bonchev–Trinajstić information content (AvgIpc) is 2.66. The largest absolute Gasteiger partial charge is 0.427 e. The molecule has 2 aromatic carbocycles. The molecule has 0 radical (unpaired) electrons. The van der Waals surface area contributed by atoms with Crippen LogP contribution in [0.15, 0.2) is 59.7 Å². The first-order valence-electron chi connectivity index (χ1n) is 8.22. The van der Waals surface area contributed by atoms with Crippen molar-refractivity contribution in [3.63, 3.8) is 0 Å². The summed E-state index contributed by atoms with van der Waals surface area (Å²) in [7, 11) is 0. The van der Waals surface area contributed by atoms with Gasteiger partial charge in [0.1, 0.15) is 23.6 Å². The van der Waals surface area contributed by atoms with Crippen LogP contribution in [0.4, 0.5) is 0 Å². The van der Waals surface area contributed by atoms with E-state index in [9.17, 15) is 20.1 Å². The maximum atomic E-state index is 11.0.